The zero-order valence-electron chi connectivity index (χ0n) is 15.0. The predicted octanol–water partition coefficient (Wildman–Crippen LogP) is 5.86. The Balaban J connectivity index is 1.57. The molecule has 0 unspecified atom stereocenters. The van der Waals surface area contributed by atoms with E-state index in [-0.39, 0.29) is 5.82 Å². The molecule has 0 aliphatic rings. The molecule has 0 saturated carbocycles. The molecule has 136 valence electrons. The smallest absolute Gasteiger partial charge is 0.150 e. The molecule has 1 N–H and O–H groups in total. The Labute approximate surface area is 164 Å². The van der Waals surface area contributed by atoms with E-state index in [1.165, 1.54) is 6.20 Å². The molecule has 0 aliphatic carbocycles. The molecule has 0 bridgehead atoms. The Morgan fingerprint density at radius 1 is 0.964 bits per heavy atom. The standard InChI is InChI=1S/C22H15FN4S/c1-13-21(27-22(28-13)15-3-2-7-24-11-15)14-4-5-19-16(9-14)10-20(26-19)17-6-8-25-12-18(17)23/h2-12,26H,1H3. The molecule has 0 saturated heterocycles. The van der Waals surface area contributed by atoms with Crippen molar-refractivity contribution in [2.75, 3.05) is 0 Å². The van der Waals surface area contributed by atoms with Crippen molar-refractivity contribution in [1.29, 1.82) is 0 Å². The van der Waals surface area contributed by atoms with Gasteiger partial charge in [0.05, 0.1) is 11.9 Å². The van der Waals surface area contributed by atoms with Crippen molar-refractivity contribution in [3.8, 4) is 33.1 Å². The number of hydrogen-bond donors (Lipinski definition) is 1. The zero-order valence-corrected chi connectivity index (χ0v) is 15.8. The normalized spacial score (nSPS) is 11.2. The van der Waals surface area contributed by atoms with Crippen LogP contribution in [0.3, 0.4) is 0 Å². The molecular formula is C22H15FN4S. The van der Waals surface area contributed by atoms with Gasteiger partial charge in [0.2, 0.25) is 0 Å². The Kier molecular flexibility index (Phi) is 3.98. The molecule has 6 heteroatoms. The number of nitrogens with zero attached hydrogens (tertiary/aromatic N) is 3. The number of nitrogens with one attached hydrogen (secondary N) is 1. The first-order chi connectivity index (χ1) is 13.7. The van der Waals surface area contributed by atoms with E-state index in [1.54, 1.807) is 29.8 Å². The summed E-state index contributed by atoms with van der Waals surface area (Å²) in [5.74, 6) is -0.342. The molecule has 4 aromatic heterocycles. The van der Waals surface area contributed by atoms with E-state index in [4.69, 9.17) is 4.98 Å². The molecule has 0 aliphatic heterocycles. The number of fused-ring (bicyclic) bond motifs is 1. The summed E-state index contributed by atoms with van der Waals surface area (Å²) in [6.45, 7) is 2.08. The minimum atomic E-state index is -0.342. The summed E-state index contributed by atoms with van der Waals surface area (Å²) >= 11 is 1.66. The van der Waals surface area contributed by atoms with E-state index in [0.29, 0.717) is 5.56 Å². The van der Waals surface area contributed by atoms with Gasteiger partial charge in [-0.3, -0.25) is 9.97 Å². The predicted molar refractivity (Wildman–Crippen MR) is 111 cm³/mol. The maximum atomic E-state index is 14.1. The lowest BCUT2D eigenvalue weighted by molar-refractivity contribution is 0.624. The quantitative estimate of drug-likeness (QED) is 0.422. The fraction of sp³-hybridized carbons (Fsp3) is 0.0455. The van der Waals surface area contributed by atoms with Gasteiger partial charge in [-0.25, -0.2) is 9.37 Å². The van der Waals surface area contributed by atoms with Crippen molar-refractivity contribution in [3.63, 3.8) is 0 Å². The molecular weight excluding hydrogens is 371 g/mol. The fourth-order valence-electron chi connectivity index (χ4n) is 3.30. The van der Waals surface area contributed by atoms with Gasteiger partial charge in [0.25, 0.3) is 0 Å². The summed E-state index contributed by atoms with van der Waals surface area (Å²) < 4.78 is 14.1. The van der Waals surface area contributed by atoms with Crippen LogP contribution in [0.15, 0.2) is 67.3 Å². The van der Waals surface area contributed by atoms with Gasteiger partial charge in [-0.1, -0.05) is 6.07 Å². The highest BCUT2D eigenvalue weighted by Crippen LogP contribution is 2.35. The first-order valence-corrected chi connectivity index (χ1v) is 9.61. The third-order valence-electron chi connectivity index (χ3n) is 4.66. The highest BCUT2D eigenvalue weighted by molar-refractivity contribution is 7.15. The lowest BCUT2D eigenvalue weighted by Gasteiger charge is -1.99. The number of aromatic nitrogens is 4. The van der Waals surface area contributed by atoms with Gasteiger partial charge in [-0.05, 0) is 43.3 Å². The Hall–Kier alpha value is -3.38. The Bertz CT molecular complexity index is 1290. The van der Waals surface area contributed by atoms with Gasteiger partial charge in [-0.2, -0.15) is 0 Å². The van der Waals surface area contributed by atoms with Crippen LogP contribution in [0.2, 0.25) is 0 Å². The molecule has 0 atom stereocenters. The number of halogens is 1. The van der Waals surface area contributed by atoms with Gasteiger partial charge in [0.1, 0.15) is 5.01 Å². The molecule has 0 fully saturated rings. The first-order valence-electron chi connectivity index (χ1n) is 8.80. The third kappa shape index (κ3) is 2.88. The van der Waals surface area contributed by atoms with Crippen LogP contribution in [0.4, 0.5) is 4.39 Å². The summed E-state index contributed by atoms with van der Waals surface area (Å²) in [4.78, 5) is 17.3. The molecule has 0 radical (unpaired) electrons. The van der Waals surface area contributed by atoms with Crippen LogP contribution in [0.1, 0.15) is 4.88 Å². The number of thiazole rings is 1. The fourth-order valence-corrected chi connectivity index (χ4v) is 4.22. The van der Waals surface area contributed by atoms with Crippen molar-refractivity contribution < 1.29 is 4.39 Å². The average Bonchev–Trinajstić information content (AvgIpc) is 3.32. The minimum absolute atomic E-state index is 0.342. The highest BCUT2D eigenvalue weighted by Gasteiger charge is 2.13. The van der Waals surface area contributed by atoms with E-state index in [0.717, 1.165) is 43.3 Å². The molecule has 4 nitrogen and oxygen atoms in total. The van der Waals surface area contributed by atoms with E-state index in [9.17, 15) is 4.39 Å². The second-order valence-corrected chi connectivity index (χ2v) is 7.71. The number of aryl methyl sites for hydroxylation is 1. The van der Waals surface area contributed by atoms with Crippen LogP contribution in [-0.4, -0.2) is 19.9 Å². The van der Waals surface area contributed by atoms with Gasteiger partial charge in [-0.15, -0.1) is 11.3 Å². The van der Waals surface area contributed by atoms with Crippen LogP contribution < -0.4 is 0 Å². The molecule has 1 aromatic carbocycles. The van der Waals surface area contributed by atoms with Gasteiger partial charge >= 0.3 is 0 Å². The summed E-state index contributed by atoms with van der Waals surface area (Å²) in [5, 5.41) is 1.97. The second kappa shape index (κ2) is 6.65. The molecule has 4 heterocycles. The molecule has 0 spiro atoms. The third-order valence-corrected chi connectivity index (χ3v) is 5.68. The van der Waals surface area contributed by atoms with Gasteiger partial charge < -0.3 is 4.98 Å². The number of benzene rings is 1. The van der Waals surface area contributed by atoms with Crippen LogP contribution in [0.25, 0.3) is 44.0 Å². The van der Waals surface area contributed by atoms with E-state index < -0.39 is 0 Å². The summed E-state index contributed by atoms with van der Waals surface area (Å²) in [6.07, 6.45) is 6.40. The van der Waals surface area contributed by atoms with Crippen LogP contribution >= 0.6 is 11.3 Å². The Morgan fingerprint density at radius 3 is 2.68 bits per heavy atom. The van der Waals surface area contributed by atoms with Crippen molar-refractivity contribution >= 4 is 22.2 Å². The number of hydrogen-bond acceptors (Lipinski definition) is 4. The van der Waals surface area contributed by atoms with Crippen LogP contribution in [0.5, 0.6) is 0 Å². The maximum Gasteiger partial charge on any atom is 0.150 e. The summed E-state index contributed by atoms with van der Waals surface area (Å²) in [6, 6.07) is 13.7. The number of H-pyrrole nitrogens is 1. The lowest BCUT2D eigenvalue weighted by Crippen LogP contribution is -1.84. The van der Waals surface area contributed by atoms with E-state index in [1.807, 2.05) is 36.5 Å². The van der Waals surface area contributed by atoms with Gasteiger partial charge in [0, 0.05) is 56.8 Å². The van der Waals surface area contributed by atoms with Gasteiger partial charge in [0.15, 0.2) is 5.82 Å². The van der Waals surface area contributed by atoms with E-state index in [2.05, 4.69) is 27.9 Å². The van der Waals surface area contributed by atoms with Crippen LogP contribution in [-0.2, 0) is 0 Å². The summed E-state index contributed by atoms with van der Waals surface area (Å²) in [5.41, 5.74) is 5.21. The van der Waals surface area contributed by atoms with Crippen molar-refractivity contribution in [2.45, 2.75) is 6.92 Å². The number of aromatic amines is 1. The minimum Gasteiger partial charge on any atom is -0.354 e. The van der Waals surface area contributed by atoms with Crippen molar-refractivity contribution in [3.05, 3.63) is 77.9 Å². The summed E-state index contributed by atoms with van der Waals surface area (Å²) in [7, 11) is 0. The topological polar surface area (TPSA) is 54.5 Å². The molecule has 0 amide bonds. The second-order valence-electron chi connectivity index (χ2n) is 6.51. The number of rotatable bonds is 3. The van der Waals surface area contributed by atoms with Crippen LogP contribution in [0, 0.1) is 12.7 Å². The Morgan fingerprint density at radius 2 is 1.86 bits per heavy atom. The first kappa shape index (κ1) is 16.8. The average molecular weight is 386 g/mol. The van der Waals surface area contributed by atoms with Crippen molar-refractivity contribution in [2.24, 2.45) is 0 Å². The monoisotopic (exact) mass is 386 g/mol. The lowest BCUT2D eigenvalue weighted by atomic mass is 10.1. The molecule has 5 rings (SSSR count). The SMILES string of the molecule is Cc1sc(-c2cccnc2)nc1-c1ccc2[nH]c(-c3ccncc3F)cc2c1. The van der Waals surface area contributed by atoms with E-state index >= 15 is 0 Å². The molecule has 5 aromatic rings. The largest absolute Gasteiger partial charge is 0.354 e. The maximum absolute atomic E-state index is 14.1. The highest BCUT2D eigenvalue weighted by atomic mass is 32.1. The van der Waals surface area contributed by atoms with Crippen molar-refractivity contribution in [1.82, 2.24) is 19.9 Å². The number of pyridine rings is 2. The zero-order chi connectivity index (χ0) is 19.1. The molecule has 28 heavy (non-hydrogen) atoms.